The second-order valence-corrected chi connectivity index (χ2v) is 7.28. The molecule has 4 nitrogen and oxygen atoms in total. The molecule has 1 aromatic heterocycles. The van der Waals surface area contributed by atoms with Gasteiger partial charge in [0.2, 0.25) is 0 Å². The van der Waals surface area contributed by atoms with Crippen LogP contribution in [0.4, 0.5) is 5.69 Å². The van der Waals surface area contributed by atoms with Crippen molar-refractivity contribution >= 4 is 5.69 Å². The van der Waals surface area contributed by atoms with Gasteiger partial charge in [-0.2, -0.15) is 0 Å². The lowest BCUT2D eigenvalue weighted by atomic mass is 9.95. The third-order valence-corrected chi connectivity index (χ3v) is 4.22. The highest BCUT2D eigenvalue weighted by Crippen LogP contribution is 2.31. The summed E-state index contributed by atoms with van der Waals surface area (Å²) in [5.41, 5.74) is 4.57. The number of piperazine rings is 1. The molecule has 2 aromatic rings. The predicted octanol–water partition coefficient (Wildman–Crippen LogP) is 3.16. The molecule has 0 radical (unpaired) electrons. The molecule has 1 aliphatic rings. The Morgan fingerprint density at radius 2 is 1.70 bits per heavy atom. The minimum absolute atomic E-state index is 0.0541. The molecular weight excluding hydrogens is 284 g/mol. The van der Waals surface area contributed by atoms with Crippen LogP contribution >= 0.6 is 0 Å². The number of aromatic nitrogens is 2. The van der Waals surface area contributed by atoms with Gasteiger partial charge in [0.05, 0.1) is 17.6 Å². The molecule has 0 spiro atoms. The zero-order valence-electron chi connectivity index (χ0n) is 14.6. The molecule has 122 valence electrons. The lowest BCUT2D eigenvalue weighted by molar-refractivity contribution is 0.543. The average Bonchev–Trinajstić information content (AvgIpc) is 2.55. The summed E-state index contributed by atoms with van der Waals surface area (Å²) in [6, 6.07) is 8.62. The van der Waals surface area contributed by atoms with E-state index in [1.165, 1.54) is 5.56 Å². The van der Waals surface area contributed by atoms with Crippen LogP contribution in [0.2, 0.25) is 0 Å². The van der Waals surface area contributed by atoms with Crippen LogP contribution in [0.1, 0.15) is 32.2 Å². The summed E-state index contributed by atoms with van der Waals surface area (Å²) in [6.07, 6.45) is 2.01. The first-order valence-corrected chi connectivity index (χ1v) is 8.35. The standard InChI is InChI=1S/C19H26N4/c1-14-5-7-15(8-6-14)17-16(23-11-9-20-10-12-23)13-21-18(22-17)19(2,3)4/h5-8,13,20H,9-12H2,1-4H3. The molecule has 0 aliphatic carbocycles. The summed E-state index contributed by atoms with van der Waals surface area (Å²) >= 11 is 0. The van der Waals surface area contributed by atoms with E-state index in [1.54, 1.807) is 0 Å². The Bertz CT molecular complexity index is 665. The number of hydrogen-bond donors (Lipinski definition) is 1. The fourth-order valence-corrected chi connectivity index (χ4v) is 2.80. The Labute approximate surface area is 139 Å². The molecule has 0 unspecified atom stereocenters. The molecule has 2 heterocycles. The molecule has 4 heteroatoms. The summed E-state index contributed by atoms with van der Waals surface area (Å²) in [4.78, 5) is 12.0. The van der Waals surface area contributed by atoms with Crippen molar-refractivity contribution in [2.24, 2.45) is 0 Å². The normalized spacial score (nSPS) is 15.7. The molecule has 0 bridgehead atoms. The van der Waals surface area contributed by atoms with Gasteiger partial charge in [-0.3, -0.25) is 0 Å². The number of aryl methyl sites for hydroxylation is 1. The number of benzene rings is 1. The SMILES string of the molecule is Cc1ccc(-c2nc(C(C)(C)C)ncc2N2CCNCC2)cc1. The number of anilines is 1. The van der Waals surface area contributed by atoms with Crippen LogP contribution in [-0.2, 0) is 5.41 Å². The van der Waals surface area contributed by atoms with E-state index in [2.05, 4.69) is 67.2 Å². The molecule has 1 aliphatic heterocycles. The second kappa shape index (κ2) is 6.28. The minimum atomic E-state index is -0.0541. The highest BCUT2D eigenvalue weighted by Gasteiger charge is 2.22. The molecule has 0 saturated carbocycles. The number of rotatable bonds is 2. The van der Waals surface area contributed by atoms with Gasteiger partial charge in [0.1, 0.15) is 5.82 Å². The van der Waals surface area contributed by atoms with E-state index in [-0.39, 0.29) is 5.41 Å². The van der Waals surface area contributed by atoms with Crippen LogP contribution in [-0.4, -0.2) is 36.1 Å². The highest BCUT2D eigenvalue weighted by atomic mass is 15.2. The van der Waals surface area contributed by atoms with Gasteiger partial charge in [0.25, 0.3) is 0 Å². The van der Waals surface area contributed by atoms with Crippen LogP contribution < -0.4 is 10.2 Å². The molecule has 0 amide bonds. The van der Waals surface area contributed by atoms with Crippen molar-refractivity contribution in [3.05, 3.63) is 41.9 Å². The van der Waals surface area contributed by atoms with Gasteiger partial charge in [-0.1, -0.05) is 50.6 Å². The van der Waals surface area contributed by atoms with E-state index in [0.717, 1.165) is 48.9 Å². The van der Waals surface area contributed by atoms with Gasteiger partial charge in [-0.05, 0) is 6.92 Å². The minimum Gasteiger partial charge on any atom is -0.366 e. The van der Waals surface area contributed by atoms with E-state index < -0.39 is 0 Å². The molecule has 1 fully saturated rings. The van der Waals surface area contributed by atoms with E-state index in [0.29, 0.717) is 0 Å². The van der Waals surface area contributed by atoms with Crippen LogP contribution in [0.3, 0.4) is 0 Å². The van der Waals surface area contributed by atoms with Gasteiger partial charge < -0.3 is 10.2 Å². The first-order valence-electron chi connectivity index (χ1n) is 8.35. The maximum atomic E-state index is 4.95. The summed E-state index contributed by atoms with van der Waals surface area (Å²) in [5.74, 6) is 0.895. The first kappa shape index (κ1) is 15.9. The van der Waals surface area contributed by atoms with E-state index in [4.69, 9.17) is 4.98 Å². The van der Waals surface area contributed by atoms with Crippen LogP contribution in [0.5, 0.6) is 0 Å². The average molecular weight is 310 g/mol. The van der Waals surface area contributed by atoms with Crippen molar-refractivity contribution in [2.45, 2.75) is 33.1 Å². The molecule has 1 saturated heterocycles. The molecule has 0 atom stereocenters. The molecule has 1 aromatic carbocycles. The lowest BCUT2D eigenvalue weighted by Gasteiger charge is -2.31. The summed E-state index contributed by atoms with van der Waals surface area (Å²) in [5, 5.41) is 3.40. The number of hydrogen-bond acceptors (Lipinski definition) is 4. The maximum absolute atomic E-state index is 4.95. The summed E-state index contributed by atoms with van der Waals surface area (Å²) in [7, 11) is 0. The molecule has 23 heavy (non-hydrogen) atoms. The second-order valence-electron chi connectivity index (χ2n) is 7.28. The Hall–Kier alpha value is -1.94. The van der Waals surface area contributed by atoms with Crippen molar-refractivity contribution < 1.29 is 0 Å². The fraction of sp³-hybridized carbons (Fsp3) is 0.474. The third-order valence-electron chi connectivity index (χ3n) is 4.22. The van der Waals surface area contributed by atoms with E-state index in [9.17, 15) is 0 Å². The first-order chi connectivity index (χ1) is 10.9. The van der Waals surface area contributed by atoms with Crippen molar-refractivity contribution in [3.8, 4) is 11.3 Å². The Balaban J connectivity index is 2.09. The molecule has 1 N–H and O–H groups in total. The van der Waals surface area contributed by atoms with Crippen LogP contribution in [0.25, 0.3) is 11.3 Å². The molecule has 3 rings (SSSR count). The zero-order chi connectivity index (χ0) is 16.4. The van der Waals surface area contributed by atoms with Gasteiger partial charge in [-0.25, -0.2) is 9.97 Å². The van der Waals surface area contributed by atoms with Crippen molar-refractivity contribution in [1.29, 1.82) is 0 Å². The summed E-state index contributed by atoms with van der Waals surface area (Å²) < 4.78 is 0. The number of nitrogens with one attached hydrogen (secondary N) is 1. The monoisotopic (exact) mass is 310 g/mol. The molecular formula is C19H26N4. The number of nitrogens with zero attached hydrogens (tertiary/aromatic N) is 3. The van der Waals surface area contributed by atoms with Crippen LogP contribution in [0, 0.1) is 6.92 Å². The fourth-order valence-electron chi connectivity index (χ4n) is 2.80. The Morgan fingerprint density at radius 1 is 1.04 bits per heavy atom. The predicted molar refractivity (Wildman–Crippen MR) is 96.0 cm³/mol. The van der Waals surface area contributed by atoms with Gasteiger partial charge in [-0.15, -0.1) is 0 Å². The van der Waals surface area contributed by atoms with Crippen molar-refractivity contribution in [1.82, 2.24) is 15.3 Å². The highest BCUT2D eigenvalue weighted by molar-refractivity contribution is 5.75. The third kappa shape index (κ3) is 3.53. The van der Waals surface area contributed by atoms with Gasteiger partial charge >= 0.3 is 0 Å². The Morgan fingerprint density at radius 3 is 2.30 bits per heavy atom. The largest absolute Gasteiger partial charge is 0.366 e. The van der Waals surface area contributed by atoms with Gasteiger partial charge in [0.15, 0.2) is 0 Å². The van der Waals surface area contributed by atoms with Crippen molar-refractivity contribution in [2.75, 3.05) is 31.1 Å². The summed E-state index contributed by atoms with van der Waals surface area (Å²) in [6.45, 7) is 12.6. The van der Waals surface area contributed by atoms with E-state index >= 15 is 0 Å². The zero-order valence-corrected chi connectivity index (χ0v) is 14.6. The quantitative estimate of drug-likeness (QED) is 0.925. The van der Waals surface area contributed by atoms with Gasteiger partial charge in [0, 0.05) is 37.2 Å². The van der Waals surface area contributed by atoms with Crippen LogP contribution in [0.15, 0.2) is 30.5 Å². The smallest absolute Gasteiger partial charge is 0.134 e. The Kier molecular flexibility index (Phi) is 4.35. The van der Waals surface area contributed by atoms with E-state index in [1.807, 2.05) is 6.20 Å². The topological polar surface area (TPSA) is 41.1 Å². The lowest BCUT2D eigenvalue weighted by Crippen LogP contribution is -2.44. The maximum Gasteiger partial charge on any atom is 0.134 e. The van der Waals surface area contributed by atoms with Crippen molar-refractivity contribution in [3.63, 3.8) is 0 Å².